The van der Waals surface area contributed by atoms with Crippen molar-refractivity contribution in [1.82, 2.24) is 0 Å². The lowest BCUT2D eigenvalue weighted by molar-refractivity contribution is -0.117. The highest BCUT2D eigenvalue weighted by molar-refractivity contribution is 5.76. The Morgan fingerprint density at radius 1 is 1.50 bits per heavy atom. The summed E-state index contributed by atoms with van der Waals surface area (Å²) in [6.07, 6.45) is 3.82. The molecule has 0 saturated heterocycles. The van der Waals surface area contributed by atoms with Gasteiger partial charge in [-0.05, 0) is 24.1 Å². The minimum Gasteiger partial charge on any atom is -0.398 e. The first-order chi connectivity index (χ1) is 6.59. The van der Waals surface area contributed by atoms with Crippen LogP contribution in [-0.2, 0) is 4.79 Å². The van der Waals surface area contributed by atoms with Crippen LogP contribution in [0, 0.1) is 6.92 Å². The van der Waals surface area contributed by atoms with Crippen molar-refractivity contribution in [2.45, 2.75) is 13.3 Å². The van der Waals surface area contributed by atoms with Crippen LogP contribution in [0.15, 0.2) is 24.3 Å². The topological polar surface area (TPSA) is 69.1 Å². The van der Waals surface area contributed by atoms with Crippen molar-refractivity contribution in [2.24, 2.45) is 5.73 Å². The summed E-state index contributed by atoms with van der Waals surface area (Å²) in [5.74, 6) is -0.332. The molecule has 0 saturated carbocycles. The van der Waals surface area contributed by atoms with Crippen molar-refractivity contribution in [1.29, 1.82) is 0 Å². The minimum absolute atomic E-state index is 0.258. The Kier molecular flexibility index (Phi) is 3.29. The molecule has 0 aliphatic carbocycles. The second kappa shape index (κ2) is 4.46. The van der Waals surface area contributed by atoms with Crippen LogP contribution < -0.4 is 11.5 Å². The van der Waals surface area contributed by atoms with Gasteiger partial charge in [-0.1, -0.05) is 24.3 Å². The van der Waals surface area contributed by atoms with Gasteiger partial charge in [0.2, 0.25) is 5.91 Å². The van der Waals surface area contributed by atoms with Gasteiger partial charge in [0.05, 0.1) is 0 Å². The number of benzene rings is 1. The Hall–Kier alpha value is -1.77. The smallest absolute Gasteiger partial charge is 0.221 e. The molecule has 0 unspecified atom stereocenters. The predicted octanol–water partition coefficient (Wildman–Crippen LogP) is 1.47. The zero-order valence-electron chi connectivity index (χ0n) is 8.16. The lowest BCUT2D eigenvalue weighted by Gasteiger charge is -2.00. The summed E-state index contributed by atoms with van der Waals surface area (Å²) in [5, 5.41) is 0. The number of nitrogen functional groups attached to an aromatic ring is 1. The Balaban J connectivity index is 2.73. The van der Waals surface area contributed by atoms with Crippen molar-refractivity contribution in [3.8, 4) is 0 Å². The van der Waals surface area contributed by atoms with Gasteiger partial charge in [-0.15, -0.1) is 0 Å². The van der Waals surface area contributed by atoms with Gasteiger partial charge in [0.25, 0.3) is 0 Å². The van der Waals surface area contributed by atoms with Crippen LogP contribution in [0.2, 0.25) is 0 Å². The zero-order valence-corrected chi connectivity index (χ0v) is 8.16. The maximum atomic E-state index is 10.5. The van der Waals surface area contributed by atoms with E-state index in [1.54, 1.807) is 6.08 Å². The Morgan fingerprint density at radius 2 is 2.21 bits per heavy atom. The third-order valence-corrected chi connectivity index (χ3v) is 1.93. The Morgan fingerprint density at radius 3 is 2.79 bits per heavy atom. The standard InChI is InChI=1S/C11H14N2O/c1-8-5-6-9(7-10(8)12)3-2-4-11(13)14/h2-3,5-7H,4,12H2,1H3,(H2,13,14). The molecule has 1 aromatic carbocycles. The number of hydrogen-bond acceptors (Lipinski definition) is 2. The van der Waals surface area contributed by atoms with E-state index in [1.165, 1.54) is 0 Å². The van der Waals surface area contributed by atoms with Crippen LogP contribution in [0.1, 0.15) is 17.5 Å². The number of nitrogens with two attached hydrogens (primary N) is 2. The summed E-state index contributed by atoms with van der Waals surface area (Å²) < 4.78 is 0. The number of primary amides is 1. The number of carbonyl (C=O) groups is 1. The van der Waals surface area contributed by atoms with Crippen LogP contribution in [0.25, 0.3) is 6.08 Å². The maximum Gasteiger partial charge on any atom is 0.221 e. The molecule has 0 aliphatic heterocycles. The third-order valence-electron chi connectivity index (χ3n) is 1.93. The highest BCUT2D eigenvalue weighted by Crippen LogP contribution is 2.13. The van der Waals surface area contributed by atoms with E-state index < -0.39 is 0 Å². The normalized spacial score (nSPS) is 10.6. The van der Waals surface area contributed by atoms with Gasteiger partial charge in [-0.3, -0.25) is 4.79 Å². The molecule has 0 heterocycles. The first kappa shape index (κ1) is 10.3. The summed E-state index contributed by atoms with van der Waals surface area (Å²) in [6, 6.07) is 5.76. The first-order valence-electron chi connectivity index (χ1n) is 4.40. The summed E-state index contributed by atoms with van der Waals surface area (Å²) in [5.41, 5.74) is 13.5. The van der Waals surface area contributed by atoms with Crippen LogP contribution in [0.5, 0.6) is 0 Å². The minimum atomic E-state index is -0.332. The molecule has 1 aromatic rings. The van der Waals surface area contributed by atoms with Crippen LogP contribution >= 0.6 is 0 Å². The fourth-order valence-electron chi connectivity index (χ4n) is 1.07. The predicted molar refractivity (Wildman–Crippen MR) is 58.4 cm³/mol. The first-order valence-corrected chi connectivity index (χ1v) is 4.40. The number of rotatable bonds is 3. The molecule has 3 nitrogen and oxygen atoms in total. The molecule has 0 aromatic heterocycles. The van der Waals surface area contributed by atoms with Crippen molar-refractivity contribution >= 4 is 17.7 Å². The molecule has 74 valence electrons. The highest BCUT2D eigenvalue weighted by atomic mass is 16.1. The van der Waals surface area contributed by atoms with Gasteiger partial charge in [0.1, 0.15) is 0 Å². The molecule has 4 N–H and O–H groups in total. The van der Waals surface area contributed by atoms with Crippen molar-refractivity contribution in [3.63, 3.8) is 0 Å². The quantitative estimate of drug-likeness (QED) is 0.708. The van der Waals surface area contributed by atoms with Gasteiger partial charge in [-0.2, -0.15) is 0 Å². The van der Waals surface area contributed by atoms with E-state index in [2.05, 4.69) is 0 Å². The van der Waals surface area contributed by atoms with Gasteiger partial charge in [0, 0.05) is 12.1 Å². The fourth-order valence-corrected chi connectivity index (χ4v) is 1.07. The van der Waals surface area contributed by atoms with E-state index in [4.69, 9.17) is 11.5 Å². The molecule has 14 heavy (non-hydrogen) atoms. The summed E-state index contributed by atoms with van der Waals surface area (Å²) >= 11 is 0. The average Bonchev–Trinajstić information content (AvgIpc) is 2.10. The van der Waals surface area contributed by atoms with Crippen molar-refractivity contribution < 1.29 is 4.79 Å². The molecule has 0 fully saturated rings. The van der Waals surface area contributed by atoms with Gasteiger partial charge in [-0.25, -0.2) is 0 Å². The molecule has 0 spiro atoms. The maximum absolute atomic E-state index is 10.5. The second-order valence-electron chi connectivity index (χ2n) is 3.19. The van der Waals surface area contributed by atoms with Gasteiger partial charge in [0.15, 0.2) is 0 Å². The SMILES string of the molecule is Cc1ccc(C=CCC(N)=O)cc1N. The summed E-state index contributed by atoms with van der Waals surface area (Å²) in [6.45, 7) is 1.95. The Bertz CT molecular complexity index is 370. The van der Waals surface area contributed by atoms with Crippen molar-refractivity contribution in [3.05, 3.63) is 35.4 Å². The van der Waals surface area contributed by atoms with Crippen LogP contribution in [-0.4, -0.2) is 5.91 Å². The molecule has 0 bridgehead atoms. The molecule has 1 rings (SSSR count). The molecule has 0 atom stereocenters. The lowest BCUT2D eigenvalue weighted by Crippen LogP contribution is -2.07. The molecule has 0 radical (unpaired) electrons. The number of aryl methyl sites for hydroxylation is 1. The summed E-state index contributed by atoms with van der Waals surface area (Å²) in [4.78, 5) is 10.5. The monoisotopic (exact) mass is 190 g/mol. The largest absolute Gasteiger partial charge is 0.398 e. The van der Waals surface area contributed by atoms with E-state index >= 15 is 0 Å². The van der Waals surface area contributed by atoms with E-state index in [9.17, 15) is 4.79 Å². The third kappa shape index (κ3) is 2.94. The van der Waals surface area contributed by atoms with E-state index in [0.29, 0.717) is 0 Å². The molecular formula is C11H14N2O. The number of anilines is 1. The molecular weight excluding hydrogens is 176 g/mol. The molecule has 1 amide bonds. The van der Waals surface area contributed by atoms with E-state index in [1.807, 2.05) is 31.2 Å². The van der Waals surface area contributed by atoms with Crippen LogP contribution in [0.4, 0.5) is 5.69 Å². The Labute approximate surface area is 83.4 Å². The number of carbonyl (C=O) groups excluding carboxylic acids is 1. The zero-order chi connectivity index (χ0) is 10.6. The fraction of sp³-hybridized carbons (Fsp3) is 0.182. The van der Waals surface area contributed by atoms with Crippen molar-refractivity contribution in [2.75, 3.05) is 5.73 Å². The molecule has 3 heteroatoms. The van der Waals surface area contributed by atoms with Crippen LogP contribution in [0.3, 0.4) is 0 Å². The second-order valence-corrected chi connectivity index (χ2v) is 3.19. The number of hydrogen-bond donors (Lipinski definition) is 2. The van der Waals surface area contributed by atoms with E-state index in [-0.39, 0.29) is 12.3 Å². The summed E-state index contributed by atoms with van der Waals surface area (Å²) in [7, 11) is 0. The van der Waals surface area contributed by atoms with E-state index in [0.717, 1.165) is 16.8 Å². The highest BCUT2D eigenvalue weighted by Gasteiger charge is 1.93. The average molecular weight is 190 g/mol. The number of amides is 1. The lowest BCUT2D eigenvalue weighted by atomic mass is 10.1. The van der Waals surface area contributed by atoms with Gasteiger partial charge >= 0.3 is 0 Å². The van der Waals surface area contributed by atoms with Gasteiger partial charge < -0.3 is 11.5 Å². The molecule has 0 aliphatic rings.